The predicted octanol–water partition coefficient (Wildman–Crippen LogP) is 2.58. The van der Waals surface area contributed by atoms with Crippen LogP contribution < -0.4 is 5.49 Å². The van der Waals surface area contributed by atoms with Crippen LogP contribution >= 0.6 is 0 Å². The van der Waals surface area contributed by atoms with Gasteiger partial charge in [0.25, 0.3) is 5.91 Å². The Morgan fingerprint density at radius 1 is 1.16 bits per heavy atom. The molecule has 6 nitrogen and oxygen atoms in total. The van der Waals surface area contributed by atoms with Crippen LogP contribution in [0, 0.1) is 5.92 Å². The third-order valence-electron chi connectivity index (χ3n) is 4.33. The molecule has 3 heterocycles. The van der Waals surface area contributed by atoms with Gasteiger partial charge in [-0.25, -0.2) is 0 Å². The largest absolute Gasteiger partial charge is 0.459 e. The molecular formula is C19H23N3O3. The molecule has 0 aromatic carbocycles. The van der Waals surface area contributed by atoms with Crippen LogP contribution in [0.25, 0.3) is 0 Å². The van der Waals surface area contributed by atoms with Crippen LogP contribution in [0.1, 0.15) is 42.0 Å². The van der Waals surface area contributed by atoms with Gasteiger partial charge in [-0.05, 0) is 51.0 Å². The van der Waals surface area contributed by atoms with E-state index in [2.05, 4.69) is 4.99 Å². The van der Waals surface area contributed by atoms with Gasteiger partial charge in [0.1, 0.15) is 5.49 Å². The predicted molar refractivity (Wildman–Crippen MR) is 93.1 cm³/mol. The van der Waals surface area contributed by atoms with E-state index in [0.717, 1.165) is 0 Å². The Morgan fingerprint density at radius 2 is 1.92 bits per heavy atom. The molecule has 0 saturated carbocycles. The van der Waals surface area contributed by atoms with Gasteiger partial charge in [0.2, 0.25) is 5.91 Å². The lowest BCUT2D eigenvalue weighted by Crippen LogP contribution is -2.42. The van der Waals surface area contributed by atoms with Crippen LogP contribution in [0.2, 0.25) is 0 Å². The Bertz CT molecular complexity index is 797. The lowest BCUT2D eigenvalue weighted by molar-refractivity contribution is 0.0597. The van der Waals surface area contributed by atoms with Crippen LogP contribution in [0.4, 0.5) is 0 Å². The zero-order chi connectivity index (χ0) is 17.8. The monoisotopic (exact) mass is 341 g/mol. The first-order valence-electron chi connectivity index (χ1n) is 8.65. The molecule has 1 fully saturated rings. The van der Waals surface area contributed by atoms with Crippen LogP contribution in [0.3, 0.4) is 0 Å². The first-order valence-corrected chi connectivity index (χ1v) is 8.65. The average molecular weight is 341 g/mol. The lowest BCUT2D eigenvalue weighted by Gasteiger charge is -2.30. The van der Waals surface area contributed by atoms with E-state index in [1.807, 2.05) is 32.0 Å². The highest BCUT2D eigenvalue weighted by Gasteiger charge is 2.29. The summed E-state index contributed by atoms with van der Waals surface area (Å²) in [6, 6.07) is 9.07. The summed E-state index contributed by atoms with van der Waals surface area (Å²) < 4.78 is 6.80. The molecule has 1 aliphatic rings. The number of likely N-dealkylation sites (tertiary alicyclic amines) is 1. The maximum Gasteiger partial charge on any atom is 0.289 e. The van der Waals surface area contributed by atoms with Gasteiger partial charge in [-0.3, -0.25) is 19.1 Å². The maximum atomic E-state index is 12.9. The third-order valence-corrected chi connectivity index (χ3v) is 4.33. The Kier molecular flexibility index (Phi) is 5.16. The van der Waals surface area contributed by atoms with Crippen molar-refractivity contribution in [1.82, 2.24) is 9.47 Å². The summed E-state index contributed by atoms with van der Waals surface area (Å²) in [6.07, 6.45) is 4.56. The van der Waals surface area contributed by atoms with Crippen molar-refractivity contribution in [3.63, 3.8) is 0 Å². The summed E-state index contributed by atoms with van der Waals surface area (Å²) in [5.74, 6) is 0.179. The maximum absolute atomic E-state index is 12.9. The molecule has 2 aromatic rings. The zero-order valence-corrected chi connectivity index (χ0v) is 14.6. The van der Waals surface area contributed by atoms with Crippen LogP contribution in [-0.4, -0.2) is 40.4 Å². The van der Waals surface area contributed by atoms with Gasteiger partial charge in [-0.15, -0.1) is 0 Å². The number of piperidine rings is 1. The standard InChI is InChI=1S/C19H23N3O3/c1-14(2)20-17-7-3-4-10-22(17)18(23)15-8-11-21(12-9-15)19(24)16-6-5-13-25-16/h3-7,10,13-15H,8-9,11-12H2,1-2H3. The van der Waals surface area contributed by atoms with E-state index in [-0.39, 0.29) is 23.8 Å². The second kappa shape index (κ2) is 7.51. The third kappa shape index (κ3) is 3.90. The Labute approximate surface area is 146 Å². The Balaban J connectivity index is 1.69. The van der Waals surface area contributed by atoms with Crippen LogP contribution in [0.15, 0.2) is 52.2 Å². The number of carbonyl (C=O) groups excluding carboxylic acids is 2. The quantitative estimate of drug-likeness (QED) is 0.862. The van der Waals surface area contributed by atoms with Crippen molar-refractivity contribution in [3.05, 3.63) is 54.0 Å². The van der Waals surface area contributed by atoms with Crippen molar-refractivity contribution < 1.29 is 14.0 Å². The molecule has 25 heavy (non-hydrogen) atoms. The second-order valence-corrected chi connectivity index (χ2v) is 6.53. The van der Waals surface area contributed by atoms with Crippen LogP contribution in [0.5, 0.6) is 0 Å². The molecule has 132 valence electrons. The van der Waals surface area contributed by atoms with E-state index in [9.17, 15) is 9.59 Å². The molecular weight excluding hydrogens is 318 g/mol. The van der Waals surface area contributed by atoms with Gasteiger partial charge >= 0.3 is 0 Å². The Morgan fingerprint density at radius 3 is 2.56 bits per heavy atom. The zero-order valence-electron chi connectivity index (χ0n) is 14.6. The van der Waals surface area contributed by atoms with E-state index in [1.54, 1.807) is 27.8 Å². The van der Waals surface area contributed by atoms with E-state index in [4.69, 9.17) is 4.42 Å². The molecule has 3 rings (SSSR count). The smallest absolute Gasteiger partial charge is 0.289 e. The summed E-state index contributed by atoms with van der Waals surface area (Å²) >= 11 is 0. The van der Waals surface area contributed by atoms with Crippen molar-refractivity contribution >= 4 is 11.8 Å². The van der Waals surface area contributed by atoms with Crippen molar-refractivity contribution in [2.45, 2.75) is 32.7 Å². The normalized spacial score (nSPS) is 16.4. The molecule has 0 atom stereocenters. The van der Waals surface area contributed by atoms with E-state index in [1.165, 1.54) is 6.26 Å². The summed E-state index contributed by atoms with van der Waals surface area (Å²) in [4.78, 5) is 31.5. The first kappa shape index (κ1) is 17.2. The fourth-order valence-corrected chi connectivity index (χ4v) is 3.07. The minimum atomic E-state index is -0.112. The van der Waals surface area contributed by atoms with Gasteiger partial charge in [0, 0.05) is 31.2 Å². The average Bonchev–Trinajstić information content (AvgIpc) is 3.15. The number of hydrogen-bond acceptors (Lipinski definition) is 4. The van der Waals surface area contributed by atoms with E-state index < -0.39 is 0 Å². The van der Waals surface area contributed by atoms with Crippen molar-refractivity contribution in [2.75, 3.05) is 13.1 Å². The number of hydrogen-bond donors (Lipinski definition) is 0. The summed E-state index contributed by atoms with van der Waals surface area (Å²) in [7, 11) is 0. The number of nitrogens with zero attached hydrogens (tertiary/aromatic N) is 3. The highest BCUT2D eigenvalue weighted by molar-refractivity contribution is 5.91. The Hall–Kier alpha value is -2.63. The molecule has 2 aromatic heterocycles. The topological polar surface area (TPSA) is 67.8 Å². The number of amides is 1. The molecule has 1 amide bonds. The molecule has 1 saturated heterocycles. The summed E-state index contributed by atoms with van der Waals surface area (Å²) in [6.45, 7) is 5.08. The molecule has 0 spiro atoms. The molecule has 0 radical (unpaired) electrons. The minimum absolute atomic E-state index is 0.0464. The number of carbonyl (C=O) groups is 2. The summed E-state index contributed by atoms with van der Waals surface area (Å²) in [5, 5.41) is 0. The fraction of sp³-hybridized carbons (Fsp3) is 0.421. The molecule has 0 bridgehead atoms. The molecule has 0 aliphatic carbocycles. The second-order valence-electron chi connectivity index (χ2n) is 6.53. The number of furan rings is 1. The highest BCUT2D eigenvalue weighted by Crippen LogP contribution is 2.20. The van der Waals surface area contributed by atoms with Crippen LogP contribution in [-0.2, 0) is 0 Å². The minimum Gasteiger partial charge on any atom is -0.459 e. The van der Waals surface area contributed by atoms with Crippen molar-refractivity contribution in [2.24, 2.45) is 10.9 Å². The van der Waals surface area contributed by atoms with Gasteiger partial charge in [0.05, 0.1) is 6.26 Å². The van der Waals surface area contributed by atoms with E-state index >= 15 is 0 Å². The fourth-order valence-electron chi connectivity index (χ4n) is 3.07. The first-order chi connectivity index (χ1) is 12.1. The number of pyridine rings is 1. The molecule has 0 N–H and O–H groups in total. The number of rotatable bonds is 3. The van der Waals surface area contributed by atoms with Gasteiger partial charge < -0.3 is 9.32 Å². The van der Waals surface area contributed by atoms with Crippen molar-refractivity contribution in [1.29, 1.82) is 0 Å². The van der Waals surface area contributed by atoms with Crippen molar-refractivity contribution in [3.8, 4) is 0 Å². The SMILES string of the molecule is CC(C)N=c1ccccn1C(=O)C1CCN(C(=O)c2ccco2)CC1. The van der Waals surface area contributed by atoms with Gasteiger partial charge in [-0.2, -0.15) is 0 Å². The highest BCUT2D eigenvalue weighted by atomic mass is 16.3. The lowest BCUT2D eigenvalue weighted by atomic mass is 9.95. The van der Waals surface area contributed by atoms with Gasteiger partial charge in [0.15, 0.2) is 5.76 Å². The molecule has 6 heteroatoms. The van der Waals surface area contributed by atoms with E-state index in [0.29, 0.717) is 37.2 Å². The van der Waals surface area contributed by atoms with Gasteiger partial charge in [-0.1, -0.05) is 6.07 Å². The molecule has 0 unspecified atom stereocenters. The number of aromatic nitrogens is 1. The molecule has 1 aliphatic heterocycles. The summed E-state index contributed by atoms with van der Waals surface area (Å²) in [5.41, 5.74) is 0.677.